The van der Waals surface area contributed by atoms with Crippen molar-refractivity contribution in [3.63, 3.8) is 0 Å². The van der Waals surface area contributed by atoms with E-state index < -0.39 is 0 Å². The van der Waals surface area contributed by atoms with E-state index in [1.165, 1.54) is 43.2 Å². The molecular formula is C38H51N3O2. The Kier molecular flexibility index (Phi) is 12.0. The average molecular weight is 582 g/mol. The number of aromatic nitrogens is 3. The van der Waals surface area contributed by atoms with Crippen LogP contribution in [-0.2, 0) is 0 Å². The maximum absolute atomic E-state index is 6.36. The molecule has 1 aliphatic carbocycles. The van der Waals surface area contributed by atoms with E-state index in [0.29, 0.717) is 36.7 Å². The zero-order chi connectivity index (χ0) is 30.8. The van der Waals surface area contributed by atoms with Crippen molar-refractivity contribution in [1.29, 1.82) is 0 Å². The number of hydrogen-bond donors (Lipinski definition) is 0. The van der Waals surface area contributed by atoms with Gasteiger partial charge in [-0.1, -0.05) is 108 Å². The van der Waals surface area contributed by atoms with Crippen LogP contribution in [0.25, 0.3) is 28.3 Å². The van der Waals surface area contributed by atoms with Crippen LogP contribution in [0.2, 0.25) is 0 Å². The molecule has 4 rings (SSSR count). The lowest BCUT2D eigenvalue weighted by molar-refractivity contribution is 0.292. The summed E-state index contributed by atoms with van der Waals surface area (Å²) in [6.07, 6.45) is 13.9. The first-order valence-electron chi connectivity index (χ1n) is 16.4. The summed E-state index contributed by atoms with van der Waals surface area (Å²) in [7, 11) is 0. The molecule has 0 saturated carbocycles. The van der Waals surface area contributed by atoms with Crippen LogP contribution in [0.1, 0.15) is 103 Å². The van der Waals surface area contributed by atoms with Gasteiger partial charge in [-0.3, -0.25) is 0 Å². The third-order valence-electron chi connectivity index (χ3n) is 8.72. The Balaban J connectivity index is 1.73. The predicted octanol–water partition coefficient (Wildman–Crippen LogP) is 10.4. The molecule has 1 heterocycles. The predicted molar refractivity (Wildman–Crippen MR) is 180 cm³/mol. The van der Waals surface area contributed by atoms with Crippen molar-refractivity contribution in [2.75, 3.05) is 13.2 Å². The highest BCUT2D eigenvalue weighted by molar-refractivity contribution is 5.73. The molecule has 230 valence electrons. The van der Waals surface area contributed by atoms with Gasteiger partial charge in [-0.05, 0) is 63.1 Å². The van der Waals surface area contributed by atoms with Gasteiger partial charge in [0.25, 0.3) is 0 Å². The lowest BCUT2D eigenvalue weighted by Crippen LogP contribution is -2.17. The first kappa shape index (κ1) is 32.4. The maximum Gasteiger partial charge on any atom is 0.167 e. The van der Waals surface area contributed by atoms with Crippen molar-refractivity contribution in [1.82, 2.24) is 15.0 Å². The van der Waals surface area contributed by atoms with Crippen molar-refractivity contribution in [2.45, 2.75) is 99.8 Å². The zero-order valence-corrected chi connectivity index (χ0v) is 27.5. The molecule has 0 aliphatic heterocycles. The second-order valence-electron chi connectivity index (χ2n) is 12.2. The summed E-state index contributed by atoms with van der Waals surface area (Å²) in [6, 6.07) is 12.5. The summed E-state index contributed by atoms with van der Waals surface area (Å²) in [5.41, 5.74) is 6.77. The highest BCUT2D eigenvalue weighted by Gasteiger charge is 2.26. The summed E-state index contributed by atoms with van der Waals surface area (Å²) in [4.78, 5) is 15.2. The van der Waals surface area contributed by atoms with Gasteiger partial charge in [0.2, 0.25) is 0 Å². The van der Waals surface area contributed by atoms with Gasteiger partial charge in [-0.2, -0.15) is 0 Å². The van der Waals surface area contributed by atoms with Gasteiger partial charge < -0.3 is 9.47 Å². The van der Waals surface area contributed by atoms with Crippen molar-refractivity contribution in [3.8, 4) is 34.3 Å². The minimum absolute atomic E-state index is 0.297. The van der Waals surface area contributed by atoms with E-state index in [0.717, 1.165) is 58.8 Å². The highest BCUT2D eigenvalue weighted by Crippen LogP contribution is 2.38. The maximum atomic E-state index is 6.36. The molecule has 2 aromatic carbocycles. The molecule has 0 spiro atoms. The Morgan fingerprint density at radius 2 is 1.28 bits per heavy atom. The van der Waals surface area contributed by atoms with Gasteiger partial charge in [0.1, 0.15) is 11.5 Å². The largest absolute Gasteiger partial charge is 0.493 e. The van der Waals surface area contributed by atoms with Crippen molar-refractivity contribution in [2.24, 2.45) is 11.8 Å². The van der Waals surface area contributed by atoms with E-state index in [4.69, 9.17) is 24.4 Å². The quantitative estimate of drug-likeness (QED) is 0.167. The second-order valence-corrected chi connectivity index (χ2v) is 12.2. The number of rotatable bonds is 15. The Morgan fingerprint density at radius 1 is 0.628 bits per heavy atom. The number of benzene rings is 2. The first-order chi connectivity index (χ1) is 20.8. The number of ether oxygens (including phenoxy) is 2. The third-order valence-corrected chi connectivity index (χ3v) is 8.72. The van der Waals surface area contributed by atoms with Crippen molar-refractivity contribution < 1.29 is 9.47 Å². The van der Waals surface area contributed by atoms with Crippen molar-refractivity contribution >= 4 is 5.57 Å². The molecule has 5 nitrogen and oxygen atoms in total. The number of nitrogens with zero attached hydrogens (tertiary/aromatic N) is 3. The van der Waals surface area contributed by atoms with E-state index in [1.54, 1.807) is 0 Å². The first-order valence-corrected chi connectivity index (χ1v) is 16.4. The van der Waals surface area contributed by atoms with Gasteiger partial charge in [0.05, 0.1) is 18.8 Å². The van der Waals surface area contributed by atoms with Crippen LogP contribution in [0.5, 0.6) is 11.5 Å². The Hall–Kier alpha value is -3.47. The summed E-state index contributed by atoms with van der Waals surface area (Å²) in [5, 5.41) is 0. The van der Waals surface area contributed by atoms with E-state index in [2.05, 4.69) is 78.8 Å². The van der Waals surface area contributed by atoms with Gasteiger partial charge in [0, 0.05) is 17.2 Å². The molecule has 0 N–H and O–H groups in total. The third kappa shape index (κ3) is 8.55. The summed E-state index contributed by atoms with van der Waals surface area (Å²) < 4.78 is 12.5. The molecule has 0 amide bonds. The molecule has 5 heteroatoms. The Morgan fingerprint density at radius 3 is 2.02 bits per heavy atom. The molecule has 3 aromatic rings. The molecular weight excluding hydrogens is 530 g/mol. The van der Waals surface area contributed by atoms with Gasteiger partial charge in [0.15, 0.2) is 17.5 Å². The van der Waals surface area contributed by atoms with E-state index in [1.807, 2.05) is 18.2 Å². The zero-order valence-electron chi connectivity index (χ0n) is 27.5. The van der Waals surface area contributed by atoms with Crippen LogP contribution in [0, 0.1) is 25.7 Å². The van der Waals surface area contributed by atoms with Crippen molar-refractivity contribution in [3.05, 3.63) is 71.1 Å². The van der Waals surface area contributed by atoms with E-state index in [-0.39, 0.29) is 0 Å². The molecule has 0 bridgehead atoms. The van der Waals surface area contributed by atoms with Crippen LogP contribution < -0.4 is 9.47 Å². The number of hydrogen-bond acceptors (Lipinski definition) is 5. The Bertz CT molecular complexity index is 1420. The minimum Gasteiger partial charge on any atom is -0.493 e. The van der Waals surface area contributed by atoms with Crippen LogP contribution in [0.15, 0.2) is 54.1 Å². The summed E-state index contributed by atoms with van der Waals surface area (Å²) >= 11 is 0. The number of unbranched alkanes of at least 4 members (excludes halogenated alkanes) is 6. The van der Waals surface area contributed by atoms with E-state index in [9.17, 15) is 0 Å². The van der Waals surface area contributed by atoms with Crippen LogP contribution >= 0.6 is 0 Å². The lowest BCUT2D eigenvalue weighted by Gasteiger charge is -2.26. The fraction of sp³-hybridized carbons (Fsp3) is 0.500. The molecule has 2 atom stereocenters. The lowest BCUT2D eigenvalue weighted by atomic mass is 9.80. The molecule has 1 aromatic heterocycles. The normalized spacial score (nSPS) is 16.5. The van der Waals surface area contributed by atoms with E-state index >= 15 is 0 Å². The molecule has 0 fully saturated rings. The molecule has 0 radical (unpaired) electrons. The fourth-order valence-electron chi connectivity index (χ4n) is 5.57. The standard InChI is InChI=1S/C38H51N3O2/c1-8-10-12-13-14-15-23-42-31-18-21-34(35(25-31)43-22-11-9-2)38-40-36(32-19-16-26(3)24-28(32)5)39-37(41-38)33-20-17-27(4)29(6)30(33)7/h16-21,24-25,29-30H,8-15,22-23H2,1-7H3. The second kappa shape index (κ2) is 15.8. The topological polar surface area (TPSA) is 57.1 Å². The average Bonchev–Trinajstić information content (AvgIpc) is 2.99. The smallest absolute Gasteiger partial charge is 0.167 e. The highest BCUT2D eigenvalue weighted by atomic mass is 16.5. The summed E-state index contributed by atoms with van der Waals surface area (Å²) in [5.74, 6) is 4.34. The van der Waals surface area contributed by atoms with Gasteiger partial charge in [-0.25, -0.2) is 15.0 Å². The molecule has 43 heavy (non-hydrogen) atoms. The fourth-order valence-corrected chi connectivity index (χ4v) is 5.57. The monoisotopic (exact) mass is 581 g/mol. The van der Waals surface area contributed by atoms with Crippen LogP contribution in [0.4, 0.5) is 0 Å². The van der Waals surface area contributed by atoms with Gasteiger partial charge in [-0.15, -0.1) is 0 Å². The molecule has 1 aliphatic rings. The number of aryl methyl sites for hydroxylation is 2. The minimum atomic E-state index is 0.297. The van der Waals surface area contributed by atoms with Gasteiger partial charge >= 0.3 is 0 Å². The number of allylic oxidation sites excluding steroid dienone is 4. The van der Waals surface area contributed by atoms with Crippen LogP contribution in [-0.4, -0.2) is 28.2 Å². The molecule has 0 saturated heterocycles. The Labute approximate surface area is 259 Å². The SMILES string of the molecule is CCCCCCCCOc1ccc(-c2nc(C3=CC=C(C)C(C)C3C)nc(-c3ccc(C)cc3C)n2)c(OCCCC)c1. The molecule has 2 unspecified atom stereocenters. The summed E-state index contributed by atoms with van der Waals surface area (Å²) in [6.45, 7) is 16.8. The van der Waals surface area contributed by atoms with Crippen LogP contribution in [0.3, 0.4) is 0 Å².